The molecule has 0 bridgehead atoms. The van der Waals surface area contributed by atoms with E-state index in [-0.39, 0.29) is 16.6 Å². The van der Waals surface area contributed by atoms with E-state index in [1.54, 1.807) is 0 Å². The van der Waals surface area contributed by atoms with Crippen molar-refractivity contribution in [3.8, 4) is 0 Å². The van der Waals surface area contributed by atoms with Crippen LogP contribution in [0.25, 0.3) is 0 Å². The molecule has 160 valence electrons. The minimum absolute atomic E-state index is 0.0766. The van der Waals surface area contributed by atoms with E-state index in [0.717, 1.165) is 58.8 Å². The maximum Gasteiger partial charge on any atom is 0.172 e. The van der Waals surface area contributed by atoms with Gasteiger partial charge in [-0.05, 0) is 48.4 Å². The Hall–Kier alpha value is -0.850. The van der Waals surface area contributed by atoms with Crippen LogP contribution in [-0.2, 0) is 19.6 Å². The molecule has 4 rings (SSSR count). The fourth-order valence-corrected chi connectivity index (χ4v) is 5.74. The molecule has 5 heteroatoms. The van der Waals surface area contributed by atoms with Gasteiger partial charge in [0.2, 0.25) is 0 Å². The first kappa shape index (κ1) is 21.4. The lowest BCUT2D eigenvalue weighted by molar-refractivity contribution is -0.181. The Labute approximate surface area is 180 Å². The zero-order valence-corrected chi connectivity index (χ0v) is 19.1. The fraction of sp³-hybridized carbons (Fsp3) is 0.667. The van der Waals surface area contributed by atoms with Crippen LogP contribution in [0.4, 0.5) is 0 Å². The van der Waals surface area contributed by atoms with Crippen LogP contribution in [0, 0.1) is 5.41 Å². The monoisotopic (exact) mass is 417 g/mol. The van der Waals surface area contributed by atoms with Gasteiger partial charge in [0.15, 0.2) is 5.79 Å². The van der Waals surface area contributed by atoms with Crippen molar-refractivity contribution in [2.75, 3.05) is 39.5 Å². The molecule has 2 aliphatic heterocycles. The van der Waals surface area contributed by atoms with E-state index in [1.165, 1.54) is 16.0 Å². The maximum atomic E-state index is 6.02. The molecule has 2 fully saturated rings. The smallest absolute Gasteiger partial charge is 0.172 e. The Bertz CT molecular complexity index is 733. The molecule has 1 saturated heterocycles. The Morgan fingerprint density at radius 2 is 1.83 bits per heavy atom. The van der Waals surface area contributed by atoms with Crippen molar-refractivity contribution >= 4 is 11.9 Å². The first-order chi connectivity index (χ1) is 13.8. The molecule has 1 unspecified atom stereocenters. The fourth-order valence-electron chi connectivity index (χ4n) is 4.73. The number of fused-ring (bicyclic) bond motifs is 1. The van der Waals surface area contributed by atoms with Crippen molar-refractivity contribution in [1.82, 2.24) is 4.31 Å². The van der Waals surface area contributed by atoms with Gasteiger partial charge in [0.1, 0.15) is 0 Å². The Morgan fingerprint density at radius 1 is 1.10 bits per heavy atom. The molecule has 1 spiro atoms. The summed E-state index contributed by atoms with van der Waals surface area (Å²) < 4.78 is 20.5. The second-order valence-electron chi connectivity index (χ2n) is 9.62. The van der Waals surface area contributed by atoms with Crippen molar-refractivity contribution in [2.24, 2.45) is 5.41 Å². The standard InChI is InChI=1S/C24H35NO3S/c1-5-26-18-23-11-12-24(27-14-15-28-24)16-20(23)10-13-25(17-23)29-21-8-6-19(7-9-21)22(2,3)4/h6-10H,5,11-18H2,1-4H3. The summed E-state index contributed by atoms with van der Waals surface area (Å²) in [7, 11) is 0. The van der Waals surface area contributed by atoms with Crippen molar-refractivity contribution in [3.05, 3.63) is 41.5 Å². The molecule has 3 aliphatic rings. The third-order valence-electron chi connectivity index (χ3n) is 6.50. The van der Waals surface area contributed by atoms with E-state index in [4.69, 9.17) is 14.2 Å². The van der Waals surface area contributed by atoms with Gasteiger partial charge in [-0.1, -0.05) is 44.6 Å². The zero-order valence-electron chi connectivity index (χ0n) is 18.3. The van der Waals surface area contributed by atoms with E-state index in [2.05, 4.69) is 62.3 Å². The predicted octanol–water partition coefficient (Wildman–Crippen LogP) is 5.18. The molecule has 1 aromatic carbocycles. The Balaban J connectivity index is 1.49. The van der Waals surface area contributed by atoms with Gasteiger partial charge in [0.25, 0.3) is 0 Å². The topological polar surface area (TPSA) is 30.9 Å². The molecule has 0 radical (unpaired) electrons. The third-order valence-corrected chi connectivity index (χ3v) is 7.52. The van der Waals surface area contributed by atoms with Crippen LogP contribution in [0.3, 0.4) is 0 Å². The molecule has 4 nitrogen and oxygen atoms in total. The molecule has 1 aromatic rings. The number of hydrogen-bond donors (Lipinski definition) is 0. The number of hydrogen-bond acceptors (Lipinski definition) is 5. The molecule has 2 heterocycles. The van der Waals surface area contributed by atoms with Crippen LogP contribution in [-0.4, -0.2) is 49.6 Å². The van der Waals surface area contributed by atoms with Crippen molar-refractivity contribution < 1.29 is 14.2 Å². The highest BCUT2D eigenvalue weighted by Gasteiger charge is 2.51. The SMILES string of the molecule is CCOCC12CCC3(CC1=CCN(Sc1ccc(C(C)(C)C)cc1)C2)OCCO3. The summed E-state index contributed by atoms with van der Waals surface area (Å²) in [5.41, 5.74) is 3.12. The largest absolute Gasteiger partial charge is 0.381 e. The van der Waals surface area contributed by atoms with Crippen LogP contribution in [0.15, 0.2) is 40.8 Å². The van der Waals surface area contributed by atoms with Gasteiger partial charge in [-0.15, -0.1) is 0 Å². The first-order valence-electron chi connectivity index (χ1n) is 10.9. The van der Waals surface area contributed by atoms with Crippen LogP contribution < -0.4 is 0 Å². The summed E-state index contributed by atoms with van der Waals surface area (Å²) in [6, 6.07) is 9.05. The molecule has 1 saturated carbocycles. The summed E-state index contributed by atoms with van der Waals surface area (Å²) in [6.07, 6.45) is 5.30. The second-order valence-corrected chi connectivity index (χ2v) is 10.8. The highest BCUT2D eigenvalue weighted by atomic mass is 32.2. The maximum absolute atomic E-state index is 6.02. The van der Waals surface area contributed by atoms with E-state index in [0.29, 0.717) is 0 Å². The summed E-state index contributed by atoms with van der Waals surface area (Å²) in [4.78, 5) is 1.30. The van der Waals surface area contributed by atoms with Gasteiger partial charge in [-0.2, -0.15) is 0 Å². The number of nitrogens with zero attached hydrogens (tertiary/aromatic N) is 1. The van der Waals surface area contributed by atoms with E-state index in [1.807, 2.05) is 11.9 Å². The molecule has 1 aliphatic carbocycles. The van der Waals surface area contributed by atoms with Crippen molar-refractivity contribution in [3.63, 3.8) is 0 Å². The number of benzene rings is 1. The molecule has 29 heavy (non-hydrogen) atoms. The minimum atomic E-state index is -0.375. The minimum Gasteiger partial charge on any atom is -0.381 e. The van der Waals surface area contributed by atoms with Crippen LogP contribution >= 0.6 is 11.9 Å². The zero-order chi connectivity index (χ0) is 20.5. The van der Waals surface area contributed by atoms with Gasteiger partial charge in [-0.3, -0.25) is 0 Å². The summed E-state index contributed by atoms with van der Waals surface area (Å²) in [5, 5.41) is 0. The highest BCUT2D eigenvalue weighted by molar-refractivity contribution is 7.97. The third kappa shape index (κ3) is 4.59. The molecule has 0 aromatic heterocycles. The predicted molar refractivity (Wildman–Crippen MR) is 118 cm³/mol. The summed E-state index contributed by atoms with van der Waals surface area (Å²) in [6.45, 7) is 13.8. The number of rotatable bonds is 5. The lowest BCUT2D eigenvalue weighted by Gasteiger charge is -2.49. The molecular formula is C24H35NO3S. The Morgan fingerprint density at radius 3 is 2.48 bits per heavy atom. The van der Waals surface area contributed by atoms with Gasteiger partial charge in [-0.25, -0.2) is 4.31 Å². The normalized spacial score (nSPS) is 27.1. The van der Waals surface area contributed by atoms with Crippen LogP contribution in [0.2, 0.25) is 0 Å². The van der Waals surface area contributed by atoms with Crippen LogP contribution in [0.1, 0.15) is 52.5 Å². The van der Waals surface area contributed by atoms with Gasteiger partial charge in [0, 0.05) is 42.8 Å². The second kappa shape index (κ2) is 8.35. The summed E-state index contributed by atoms with van der Waals surface area (Å²) >= 11 is 1.87. The first-order valence-corrected chi connectivity index (χ1v) is 11.7. The quantitative estimate of drug-likeness (QED) is 0.486. The lowest BCUT2D eigenvalue weighted by Crippen LogP contribution is -2.50. The molecule has 0 N–H and O–H groups in total. The highest BCUT2D eigenvalue weighted by Crippen LogP contribution is 2.51. The van der Waals surface area contributed by atoms with E-state index >= 15 is 0 Å². The lowest BCUT2D eigenvalue weighted by atomic mass is 9.67. The average Bonchev–Trinajstić information content (AvgIpc) is 3.15. The molecule has 1 atom stereocenters. The average molecular weight is 418 g/mol. The van der Waals surface area contributed by atoms with Crippen molar-refractivity contribution in [2.45, 2.75) is 63.1 Å². The van der Waals surface area contributed by atoms with E-state index < -0.39 is 0 Å². The van der Waals surface area contributed by atoms with E-state index in [9.17, 15) is 0 Å². The van der Waals surface area contributed by atoms with Crippen LogP contribution in [0.5, 0.6) is 0 Å². The van der Waals surface area contributed by atoms with Gasteiger partial charge >= 0.3 is 0 Å². The molecule has 0 amide bonds. The van der Waals surface area contributed by atoms with Gasteiger partial charge in [0.05, 0.1) is 19.8 Å². The van der Waals surface area contributed by atoms with Gasteiger partial charge < -0.3 is 14.2 Å². The Kier molecular flexibility index (Phi) is 6.16. The summed E-state index contributed by atoms with van der Waals surface area (Å²) in [5.74, 6) is -0.375. The molecular weight excluding hydrogens is 382 g/mol. The number of ether oxygens (including phenoxy) is 3. The van der Waals surface area contributed by atoms with Crippen molar-refractivity contribution in [1.29, 1.82) is 0 Å².